The molecule has 2 unspecified atom stereocenters. The van der Waals surface area contributed by atoms with Crippen molar-refractivity contribution in [3.63, 3.8) is 0 Å². The van der Waals surface area contributed by atoms with E-state index in [1.54, 1.807) is 12.1 Å². The highest BCUT2D eigenvalue weighted by atomic mass is 19.1. The zero-order valence-corrected chi connectivity index (χ0v) is 16.6. The van der Waals surface area contributed by atoms with Crippen LogP contribution in [0, 0.1) is 17.7 Å². The van der Waals surface area contributed by atoms with Gasteiger partial charge >= 0.3 is 0 Å². The van der Waals surface area contributed by atoms with Crippen LogP contribution in [0.15, 0.2) is 48.3 Å². The first-order valence-electron chi connectivity index (χ1n) is 10.6. The molecule has 0 heterocycles. The molecule has 2 atom stereocenters. The van der Waals surface area contributed by atoms with E-state index >= 15 is 4.39 Å². The third-order valence-electron chi connectivity index (χ3n) is 6.18. The molecule has 1 fully saturated rings. The third-order valence-corrected chi connectivity index (χ3v) is 6.18. The Morgan fingerprint density at radius 2 is 1.85 bits per heavy atom. The van der Waals surface area contributed by atoms with Gasteiger partial charge in [-0.25, -0.2) is 8.78 Å². The number of hydrogen-bond donors (Lipinski definition) is 0. The summed E-state index contributed by atoms with van der Waals surface area (Å²) in [5.41, 5.74) is -0.158. The average molecular weight is 375 g/mol. The molecule has 0 aromatic heterocycles. The Labute approximate surface area is 162 Å². The Balaban J connectivity index is 1.81. The monoisotopic (exact) mass is 374 g/mol. The molecule has 27 heavy (non-hydrogen) atoms. The van der Waals surface area contributed by atoms with Gasteiger partial charge in [0, 0.05) is 12.5 Å². The SMILES string of the molecule is CCCOC1(C2CCC(CCC)CC2)C=CC(c2cccc(F)c2)C=C1F. The quantitative estimate of drug-likeness (QED) is 0.462. The minimum Gasteiger partial charge on any atom is -0.363 e. The summed E-state index contributed by atoms with van der Waals surface area (Å²) in [6.45, 7) is 4.83. The zero-order valence-electron chi connectivity index (χ0n) is 16.6. The summed E-state index contributed by atoms with van der Waals surface area (Å²) >= 11 is 0. The first kappa shape index (κ1) is 20.3. The molecule has 148 valence electrons. The number of halogens is 2. The van der Waals surface area contributed by atoms with E-state index < -0.39 is 5.60 Å². The molecular formula is C24H32F2O. The van der Waals surface area contributed by atoms with E-state index in [2.05, 4.69) is 13.8 Å². The Hall–Kier alpha value is -1.48. The van der Waals surface area contributed by atoms with Gasteiger partial charge in [0.15, 0.2) is 0 Å². The Morgan fingerprint density at radius 3 is 2.48 bits per heavy atom. The van der Waals surface area contributed by atoms with Crippen molar-refractivity contribution < 1.29 is 13.5 Å². The lowest BCUT2D eigenvalue weighted by Gasteiger charge is -2.43. The van der Waals surface area contributed by atoms with Gasteiger partial charge in [0.05, 0.1) is 0 Å². The fraction of sp³-hybridized carbons (Fsp3) is 0.583. The molecule has 0 radical (unpaired) electrons. The van der Waals surface area contributed by atoms with Crippen LogP contribution in [0.3, 0.4) is 0 Å². The van der Waals surface area contributed by atoms with E-state index in [9.17, 15) is 4.39 Å². The summed E-state index contributed by atoms with van der Waals surface area (Å²) in [6.07, 6.45) is 13.2. The second-order valence-electron chi connectivity index (χ2n) is 8.10. The van der Waals surface area contributed by atoms with Crippen molar-refractivity contribution >= 4 is 0 Å². The van der Waals surface area contributed by atoms with Crippen LogP contribution >= 0.6 is 0 Å². The molecule has 3 heteroatoms. The maximum atomic E-state index is 15.5. The molecule has 1 saturated carbocycles. The number of benzene rings is 1. The van der Waals surface area contributed by atoms with E-state index in [0.29, 0.717) is 6.61 Å². The van der Waals surface area contributed by atoms with Gasteiger partial charge in [-0.05, 0) is 60.9 Å². The van der Waals surface area contributed by atoms with Crippen LogP contribution < -0.4 is 0 Å². The van der Waals surface area contributed by atoms with Crippen molar-refractivity contribution in [3.8, 4) is 0 Å². The van der Waals surface area contributed by atoms with Gasteiger partial charge < -0.3 is 4.74 Å². The van der Waals surface area contributed by atoms with Gasteiger partial charge in [-0.1, -0.05) is 57.7 Å². The minimum absolute atomic E-state index is 0.179. The third kappa shape index (κ3) is 4.51. The fourth-order valence-corrected chi connectivity index (χ4v) is 4.72. The maximum Gasteiger partial charge on any atom is 0.140 e. The first-order valence-corrected chi connectivity index (χ1v) is 10.6. The summed E-state index contributed by atoms with van der Waals surface area (Å²) in [6, 6.07) is 6.42. The Morgan fingerprint density at radius 1 is 1.07 bits per heavy atom. The standard InChI is InChI=1S/C24H32F2O/c1-3-6-18-9-11-21(12-10-18)24(27-15-4-2)14-13-20(17-23(24)26)19-7-5-8-22(25)16-19/h5,7-8,13-14,16-18,20-21H,3-4,6,9-12,15H2,1-2H3. The normalized spacial score (nSPS) is 31.0. The molecule has 0 aliphatic heterocycles. The lowest BCUT2D eigenvalue weighted by Crippen LogP contribution is -2.43. The van der Waals surface area contributed by atoms with E-state index in [1.807, 2.05) is 18.2 Å². The van der Waals surface area contributed by atoms with Crippen LogP contribution in [0.25, 0.3) is 0 Å². The summed E-state index contributed by atoms with van der Waals surface area (Å²) in [5.74, 6) is 0.220. The molecule has 1 aromatic carbocycles. The molecule has 2 aliphatic carbocycles. The van der Waals surface area contributed by atoms with Crippen molar-refractivity contribution in [2.45, 2.75) is 70.3 Å². The first-order chi connectivity index (χ1) is 13.1. The molecule has 1 nitrogen and oxygen atoms in total. The Bertz CT molecular complexity index is 673. The maximum absolute atomic E-state index is 15.5. The second kappa shape index (κ2) is 9.14. The predicted molar refractivity (Wildman–Crippen MR) is 107 cm³/mol. The smallest absolute Gasteiger partial charge is 0.140 e. The predicted octanol–water partition coefficient (Wildman–Crippen LogP) is 7.10. The van der Waals surface area contributed by atoms with E-state index in [1.165, 1.54) is 25.0 Å². The molecular weight excluding hydrogens is 342 g/mol. The van der Waals surface area contributed by atoms with E-state index in [4.69, 9.17) is 4.74 Å². The largest absolute Gasteiger partial charge is 0.363 e. The van der Waals surface area contributed by atoms with Gasteiger partial charge in [-0.15, -0.1) is 0 Å². The number of ether oxygens (including phenoxy) is 1. The zero-order chi connectivity index (χ0) is 19.3. The topological polar surface area (TPSA) is 9.23 Å². The van der Waals surface area contributed by atoms with Crippen LogP contribution in [0.4, 0.5) is 8.78 Å². The van der Waals surface area contributed by atoms with Crippen LogP contribution in [0.2, 0.25) is 0 Å². The molecule has 3 rings (SSSR count). The lowest BCUT2D eigenvalue weighted by atomic mass is 9.70. The van der Waals surface area contributed by atoms with Gasteiger partial charge in [-0.3, -0.25) is 0 Å². The van der Waals surface area contributed by atoms with Crippen molar-refractivity contribution in [2.75, 3.05) is 6.61 Å². The van der Waals surface area contributed by atoms with Gasteiger partial charge in [0.1, 0.15) is 17.2 Å². The Kier molecular flexibility index (Phi) is 6.86. The molecule has 0 amide bonds. The van der Waals surface area contributed by atoms with Crippen LogP contribution in [0.1, 0.15) is 70.3 Å². The number of rotatable bonds is 7. The van der Waals surface area contributed by atoms with Crippen LogP contribution in [-0.2, 0) is 4.74 Å². The molecule has 0 spiro atoms. The average Bonchev–Trinajstić information content (AvgIpc) is 2.68. The van der Waals surface area contributed by atoms with E-state index in [0.717, 1.165) is 43.6 Å². The minimum atomic E-state index is -0.934. The lowest BCUT2D eigenvalue weighted by molar-refractivity contribution is -0.0535. The van der Waals surface area contributed by atoms with Gasteiger partial charge in [0.2, 0.25) is 0 Å². The van der Waals surface area contributed by atoms with Gasteiger partial charge in [0.25, 0.3) is 0 Å². The van der Waals surface area contributed by atoms with Crippen molar-refractivity contribution in [3.05, 3.63) is 59.7 Å². The highest BCUT2D eigenvalue weighted by molar-refractivity contribution is 5.38. The number of allylic oxidation sites excluding steroid dienone is 2. The molecule has 0 bridgehead atoms. The summed E-state index contributed by atoms with van der Waals surface area (Å²) < 4.78 is 35.2. The highest BCUT2D eigenvalue weighted by Crippen LogP contribution is 2.46. The van der Waals surface area contributed by atoms with Gasteiger partial charge in [-0.2, -0.15) is 0 Å². The van der Waals surface area contributed by atoms with Crippen molar-refractivity contribution in [2.24, 2.45) is 11.8 Å². The summed E-state index contributed by atoms with van der Waals surface area (Å²) in [7, 11) is 0. The van der Waals surface area contributed by atoms with Crippen LogP contribution in [0.5, 0.6) is 0 Å². The molecule has 2 aliphatic rings. The molecule has 0 N–H and O–H groups in total. The summed E-state index contributed by atoms with van der Waals surface area (Å²) in [4.78, 5) is 0. The number of hydrogen-bond acceptors (Lipinski definition) is 1. The van der Waals surface area contributed by atoms with Crippen molar-refractivity contribution in [1.82, 2.24) is 0 Å². The fourth-order valence-electron chi connectivity index (χ4n) is 4.72. The molecule has 1 aromatic rings. The van der Waals surface area contributed by atoms with E-state index in [-0.39, 0.29) is 23.5 Å². The van der Waals surface area contributed by atoms with Crippen LogP contribution in [-0.4, -0.2) is 12.2 Å². The molecule has 0 saturated heterocycles. The summed E-state index contributed by atoms with van der Waals surface area (Å²) in [5, 5.41) is 0. The van der Waals surface area contributed by atoms with Crippen molar-refractivity contribution in [1.29, 1.82) is 0 Å². The second-order valence-corrected chi connectivity index (χ2v) is 8.10. The highest BCUT2D eigenvalue weighted by Gasteiger charge is 2.45.